The molecule has 0 atom stereocenters. The van der Waals surface area contributed by atoms with Crippen LogP contribution in [0, 0.1) is 0 Å². The Balaban J connectivity index is 1.07. The molecule has 0 aliphatic heterocycles. The molecule has 5 heteroatoms. The minimum Gasteiger partial charge on any atom is -0.456 e. The molecule has 0 saturated carbocycles. The van der Waals surface area contributed by atoms with Gasteiger partial charge in [0.25, 0.3) is 0 Å². The molecule has 0 bridgehead atoms. The quantitative estimate of drug-likeness (QED) is 0.175. The van der Waals surface area contributed by atoms with Crippen molar-refractivity contribution in [3.8, 4) is 67.5 Å². The van der Waals surface area contributed by atoms with Crippen LogP contribution in [0.1, 0.15) is 33.2 Å². The van der Waals surface area contributed by atoms with Crippen molar-refractivity contribution < 1.29 is 17.1 Å². The fourth-order valence-corrected chi connectivity index (χ4v) is 8.69. The van der Waals surface area contributed by atoms with Crippen molar-refractivity contribution in [3.63, 3.8) is 0 Å². The summed E-state index contributed by atoms with van der Waals surface area (Å²) >= 11 is 0. The van der Waals surface area contributed by atoms with Crippen molar-refractivity contribution >= 4 is 43.9 Å². The van der Waals surface area contributed by atoms with E-state index in [1.165, 1.54) is 11.1 Å². The first-order valence-corrected chi connectivity index (χ1v) is 19.5. The molecular weight excluding hydrogens is 723 g/mol. The number of fused-ring (bicyclic) bond motifs is 9. The van der Waals surface area contributed by atoms with Gasteiger partial charge in [0.1, 0.15) is 22.3 Å². The first-order valence-electron chi connectivity index (χ1n) is 22.5. The van der Waals surface area contributed by atoms with E-state index >= 15 is 0 Å². The molecule has 12 rings (SSSR count). The molecule has 0 N–H and O–H groups in total. The highest BCUT2D eigenvalue weighted by Crippen LogP contribution is 2.49. The highest BCUT2D eigenvalue weighted by Gasteiger charge is 2.35. The molecule has 0 unspecified atom stereocenters. The van der Waals surface area contributed by atoms with Gasteiger partial charge in [0.05, 0.1) is 8.22 Å². The Morgan fingerprint density at radius 1 is 0.424 bits per heavy atom. The Bertz CT molecular complexity index is 3820. The normalized spacial score (nSPS) is 14.5. The molecule has 5 nitrogen and oxygen atoms in total. The highest BCUT2D eigenvalue weighted by molar-refractivity contribution is 6.14. The number of rotatable bonds is 5. The van der Waals surface area contributed by atoms with Crippen LogP contribution in [0.3, 0.4) is 0 Å². The smallest absolute Gasteiger partial charge is 0.164 e. The third-order valence-corrected chi connectivity index (χ3v) is 11.7. The van der Waals surface area contributed by atoms with Crippen LogP contribution >= 0.6 is 0 Å². The van der Waals surface area contributed by atoms with E-state index in [1.807, 2.05) is 103 Å². The van der Waals surface area contributed by atoms with Gasteiger partial charge < -0.3 is 8.83 Å². The van der Waals surface area contributed by atoms with Crippen molar-refractivity contribution in [2.24, 2.45) is 0 Å². The summed E-state index contributed by atoms with van der Waals surface area (Å²) in [7, 11) is 0. The molecule has 0 fully saturated rings. The van der Waals surface area contributed by atoms with E-state index in [0.717, 1.165) is 38.6 Å². The maximum Gasteiger partial charge on any atom is 0.164 e. The summed E-state index contributed by atoms with van der Waals surface area (Å²) in [6, 6.07) is 43.8. The molecule has 11 aromatic rings. The van der Waals surface area contributed by atoms with Gasteiger partial charge in [-0.3, -0.25) is 0 Å². The summed E-state index contributed by atoms with van der Waals surface area (Å²) in [5.74, 6) is 0.656. The average Bonchev–Trinajstić information content (AvgIpc) is 3.99. The molecule has 278 valence electrons. The average molecular weight is 764 g/mol. The highest BCUT2D eigenvalue weighted by atomic mass is 16.3. The first kappa shape index (κ1) is 27.9. The minimum absolute atomic E-state index is 0.00931. The van der Waals surface area contributed by atoms with E-state index in [2.05, 4.69) is 44.2 Å². The second kappa shape index (κ2) is 12.7. The zero-order chi connectivity index (χ0) is 44.5. The Morgan fingerprint density at radius 3 is 1.93 bits per heavy atom. The number of hydrogen-bond donors (Lipinski definition) is 0. The van der Waals surface area contributed by atoms with Crippen LogP contribution < -0.4 is 0 Å². The second-order valence-electron chi connectivity index (χ2n) is 15.5. The van der Waals surface area contributed by atoms with E-state index < -0.39 is 0 Å². The summed E-state index contributed by atoms with van der Waals surface area (Å²) in [5.41, 5.74) is 9.68. The monoisotopic (exact) mass is 763 g/mol. The van der Waals surface area contributed by atoms with Crippen molar-refractivity contribution in [3.05, 3.63) is 187 Å². The van der Waals surface area contributed by atoms with Crippen LogP contribution in [-0.4, -0.2) is 15.0 Å². The molecule has 1 aliphatic rings. The molecule has 0 amide bonds. The lowest BCUT2D eigenvalue weighted by Crippen LogP contribution is -2.15. The van der Waals surface area contributed by atoms with Gasteiger partial charge in [0, 0.05) is 43.7 Å². The van der Waals surface area contributed by atoms with E-state index in [0.29, 0.717) is 33.9 Å². The lowest BCUT2D eigenvalue weighted by molar-refractivity contribution is 0.660. The van der Waals surface area contributed by atoms with Crippen LogP contribution in [0.4, 0.5) is 0 Å². The Kier molecular flexibility index (Phi) is 6.00. The molecule has 59 heavy (non-hydrogen) atoms. The van der Waals surface area contributed by atoms with Crippen LogP contribution in [0.2, 0.25) is 0 Å². The predicted molar refractivity (Wildman–Crippen MR) is 239 cm³/mol. The third kappa shape index (κ3) is 5.28. The number of benzene rings is 8. The third-order valence-electron chi connectivity index (χ3n) is 11.7. The van der Waals surface area contributed by atoms with E-state index in [1.54, 1.807) is 6.07 Å². The van der Waals surface area contributed by atoms with E-state index in [-0.39, 0.29) is 80.6 Å². The molecule has 0 radical (unpaired) electrons. The van der Waals surface area contributed by atoms with Gasteiger partial charge in [-0.15, -0.1) is 0 Å². The largest absolute Gasteiger partial charge is 0.456 e. The predicted octanol–water partition coefficient (Wildman–Crippen LogP) is 14.3. The number of para-hydroxylation sites is 1. The van der Waals surface area contributed by atoms with Gasteiger partial charge in [-0.05, 0) is 86.9 Å². The van der Waals surface area contributed by atoms with Crippen LogP contribution in [0.25, 0.3) is 111 Å². The fourth-order valence-electron chi connectivity index (χ4n) is 8.69. The summed E-state index contributed by atoms with van der Waals surface area (Å²) in [6.45, 7) is 4.41. The van der Waals surface area contributed by atoms with Gasteiger partial charge in [-0.2, -0.15) is 0 Å². The van der Waals surface area contributed by atoms with Gasteiger partial charge in [-0.1, -0.05) is 147 Å². The molecule has 3 aromatic heterocycles. The summed E-state index contributed by atoms with van der Waals surface area (Å²) in [4.78, 5) is 14.9. The topological polar surface area (TPSA) is 65.0 Å². The summed E-state index contributed by atoms with van der Waals surface area (Å²) in [6.07, 6.45) is 0. The molecule has 0 spiro atoms. The molecule has 1 aliphatic carbocycles. The number of furan rings is 2. The van der Waals surface area contributed by atoms with Crippen LogP contribution in [0.15, 0.2) is 185 Å². The molecule has 8 aromatic carbocycles. The zero-order valence-electron chi connectivity index (χ0n) is 37.9. The van der Waals surface area contributed by atoms with Gasteiger partial charge >= 0.3 is 0 Å². The first-order chi connectivity index (χ1) is 31.5. The minimum atomic E-state index is -0.369. The molecule has 3 heterocycles. The Morgan fingerprint density at radius 2 is 1.07 bits per heavy atom. The molecule has 0 saturated heterocycles. The maximum absolute atomic E-state index is 9.70. The van der Waals surface area contributed by atoms with Crippen molar-refractivity contribution in [1.82, 2.24) is 15.0 Å². The van der Waals surface area contributed by atoms with Crippen LogP contribution in [-0.2, 0) is 5.41 Å². The fraction of sp³-hybridized carbons (Fsp3) is 0.0556. The molecular formula is C54H35N3O2. The van der Waals surface area contributed by atoms with Crippen LogP contribution in [0.5, 0.6) is 0 Å². The van der Waals surface area contributed by atoms with Gasteiger partial charge in [0.2, 0.25) is 0 Å². The summed E-state index contributed by atoms with van der Waals surface area (Å²) < 4.78 is 68.3. The van der Waals surface area contributed by atoms with Crippen molar-refractivity contribution in [2.45, 2.75) is 19.3 Å². The summed E-state index contributed by atoms with van der Waals surface area (Å²) in [5, 5.41) is 2.10. The lowest BCUT2D eigenvalue weighted by atomic mass is 9.82. The van der Waals surface area contributed by atoms with Crippen molar-refractivity contribution in [2.75, 3.05) is 0 Å². The Labute approximate surface area is 348 Å². The standard InChI is InChI=1S/C54H35N3O2/c1-54(2)44-16-8-6-13-39(44)40-26-24-36(29-45(40)54)52-55-51(34-21-19-33(20-22-34)32-11-4-3-5-12-32)56-53(57-52)37-25-28-43-49(31-37)59-47-18-10-15-38(50(43)47)35-23-27-42-41-14-7-9-17-46(41)58-48(42)30-35/h3-31H,1-2H3/i10D,15D,18D,25D,28D,31D. The van der Waals surface area contributed by atoms with E-state index in [4.69, 9.17) is 27.9 Å². The Hall–Kier alpha value is -7.63. The van der Waals surface area contributed by atoms with Gasteiger partial charge in [-0.25, -0.2) is 15.0 Å². The lowest BCUT2D eigenvalue weighted by Gasteiger charge is -2.21. The van der Waals surface area contributed by atoms with E-state index in [9.17, 15) is 4.11 Å². The van der Waals surface area contributed by atoms with Crippen molar-refractivity contribution in [1.29, 1.82) is 0 Å². The number of nitrogens with zero attached hydrogens (tertiary/aromatic N) is 3. The number of hydrogen-bond acceptors (Lipinski definition) is 5. The number of aromatic nitrogens is 3. The van der Waals surface area contributed by atoms with Gasteiger partial charge in [0.15, 0.2) is 17.5 Å². The SMILES string of the molecule is [2H]c1c([2H])c(-c2ccc3c(c2)oc2ccccc23)c2c(oc3c([2H])c(-c4nc(-c5ccc(-c6ccccc6)cc5)nc(-c5ccc6c(c5)C(C)(C)c5ccccc5-6)n4)c([2H])c([2H])c32)c1[2H]. The zero-order valence-corrected chi connectivity index (χ0v) is 31.9. The maximum atomic E-state index is 9.70. The second-order valence-corrected chi connectivity index (χ2v) is 15.5.